The third kappa shape index (κ3) is 3.83. The van der Waals surface area contributed by atoms with Crippen LogP contribution in [0.2, 0.25) is 0 Å². The van der Waals surface area contributed by atoms with Gasteiger partial charge >= 0.3 is 5.97 Å². The highest BCUT2D eigenvalue weighted by atomic mass is 79.9. The van der Waals surface area contributed by atoms with Crippen LogP contribution in [0.3, 0.4) is 0 Å². The Balaban J connectivity index is 2.09. The van der Waals surface area contributed by atoms with E-state index < -0.39 is 18.4 Å². The lowest BCUT2D eigenvalue weighted by molar-refractivity contribution is -0.142. The van der Waals surface area contributed by atoms with Crippen molar-refractivity contribution >= 4 is 21.9 Å². The minimum Gasteiger partial charge on any atom is -0.480 e. The Morgan fingerprint density at radius 2 is 2.21 bits per heavy atom. The Morgan fingerprint density at radius 1 is 1.42 bits per heavy atom. The highest BCUT2D eigenvalue weighted by molar-refractivity contribution is 9.10. The van der Waals surface area contributed by atoms with Gasteiger partial charge in [-0.2, -0.15) is 0 Å². The summed E-state index contributed by atoms with van der Waals surface area (Å²) in [6.07, 6.45) is 0. The molecule has 100 valence electrons. The molecule has 1 N–H and O–H groups in total. The van der Waals surface area contributed by atoms with E-state index in [0.29, 0.717) is 10.0 Å². The largest absolute Gasteiger partial charge is 0.480 e. The van der Waals surface area contributed by atoms with Gasteiger partial charge in [-0.15, -0.1) is 10.2 Å². The monoisotopic (exact) mass is 330 g/mol. The van der Waals surface area contributed by atoms with Crippen molar-refractivity contribution in [2.24, 2.45) is 0 Å². The van der Waals surface area contributed by atoms with E-state index in [-0.39, 0.29) is 18.4 Å². The van der Waals surface area contributed by atoms with Gasteiger partial charge in [-0.25, -0.2) is 9.18 Å². The van der Waals surface area contributed by atoms with Gasteiger partial charge in [0.05, 0.1) is 0 Å². The average Bonchev–Trinajstić information content (AvgIpc) is 2.76. The van der Waals surface area contributed by atoms with Gasteiger partial charge in [-0.1, -0.05) is 15.9 Å². The summed E-state index contributed by atoms with van der Waals surface area (Å²) in [6.45, 7) is -0.570. The number of aliphatic carboxylic acids is 1. The SMILES string of the molecule is O=C(O)COCc1nnc(-c2cc(F)cc(Br)c2)o1. The van der Waals surface area contributed by atoms with E-state index in [0.717, 1.165) is 0 Å². The van der Waals surface area contributed by atoms with E-state index in [2.05, 4.69) is 26.1 Å². The van der Waals surface area contributed by atoms with Crippen LogP contribution < -0.4 is 0 Å². The number of aromatic nitrogens is 2. The molecule has 0 radical (unpaired) electrons. The van der Waals surface area contributed by atoms with Gasteiger partial charge in [0, 0.05) is 10.0 Å². The zero-order valence-corrected chi connectivity index (χ0v) is 11.1. The van der Waals surface area contributed by atoms with Gasteiger partial charge < -0.3 is 14.3 Å². The smallest absolute Gasteiger partial charge is 0.329 e. The number of carbonyl (C=O) groups is 1. The second kappa shape index (κ2) is 5.89. The van der Waals surface area contributed by atoms with Crippen LogP contribution in [0.1, 0.15) is 5.89 Å². The third-order valence-electron chi connectivity index (χ3n) is 2.03. The van der Waals surface area contributed by atoms with Crippen molar-refractivity contribution in [3.05, 3.63) is 34.4 Å². The van der Waals surface area contributed by atoms with E-state index >= 15 is 0 Å². The average molecular weight is 331 g/mol. The van der Waals surface area contributed by atoms with Crippen molar-refractivity contribution in [3.63, 3.8) is 0 Å². The molecule has 2 rings (SSSR count). The standard InChI is InChI=1S/C11H8BrFN2O4/c12-7-1-6(2-8(13)3-7)11-15-14-9(19-11)4-18-5-10(16)17/h1-3H,4-5H2,(H,16,17). The minimum atomic E-state index is -1.09. The molecule has 1 heterocycles. The lowest BCUT2D eigenvalue weighted by atomic mass is 10.2. The van der Waals surface area contributed by atoms with Crippen LogP contribution in [0.15, 0.2) is 27.1 Å². The van der Waals surface area contributed by atoms with E-state index in [1.807, 2.05) is 0 Å². The fourth-order valence-corrected chi connectivity index (χ4v) is 1.80. The van der Waals surface area contributed by atoms with E-state index in [1.165, 1.54) is 12.1 Å². The molecular weight excluding hydrogens is 323 g/mol. The second-order valence-electron chi connectivity index (χ2n) is 3.55. The van der Waals surface area contributed by atoms with Crippen molar-refractivity contribution in [1.82, 2.24) is 10.2 Å². The first kappa shape index (κ1) is 13.6. The normalized spacial score (nSPS) is 10.6. The maximum absolute atomic E-state index is 13.2. The number of benzene rings is 1. The molecule has 2 aromatic rings. The maximum Gasteiger partial charge on any atom is 0.329 e. The first-order chi connectivity index (χ1) is 9.04. The summed E-state index contributed by atoms with van der Waals surface area (Å²) < 4.78 is 23.8. The lowest BCUT2D eigenvalue weighted by Crippen LogP contribution is -2.06. The predicted molar refractivity (Wildman–Crippen MR) is 64.7 cm³/mol. The molecule has 6 nitrogen and oxygen atoms in total. The summed E-state index contributed by atoms with van der Waals surface area (Å²) in [5.41, 5.74) is 0.420. The van der Waals surface area contributed by atoms with Crippen LogP contribution in [-0.2, 0) is 16.1 Å². The van der Waals surface area contributed by atoms with Gasteiger partial charge in [0.1, 0.15) is 19.0 Å². The highest BCUT2D eigenvalue weighted by Gasteiger charge is 2.11. The first-order valence-corrected chi connectivity index (χ1v) is 5.92. The van der Waals surface area contributed by atoms with E-state index in [4.69, 9.17) is 14.3 Å². The topological polar surface area (TPSA) is 85.5 Å². The predicted octanol–water partition coefficient (Wildman–Crippen LogP) is 2.24. The number of halogens is 2. The molecule has 19 heavy (non-hydrogen) atoms. The van der Waals surface area contributed by atoms with Crippen molar-refractivity contribution in [2.75, 3.05) is 6.61 Å². The van der Waals surface area contributed by atoms with Crippen LogP contribution in [0.4, 0.5) is 4.39 Å². The number of ether oxygens (including phenoxy) is 1. The fraction of sp³-hybridized carbons (Fsp3) is 0.182. The summed E-state index contributed by atoms with van der Waals surface area (Å²) in [5, 5.41) is 15.8. The quantitative estimate of drug-likeness (QED) is 0.904. The number of carboxylic acid groups (broad SMARTS) is 1. The number of hydrogen-bond acceptors (Lipinski definition) is 5. The Bertz CT molecular complexity index is 582. The van der Waals surface area contributed by atoms with Crippen LogP contribution >= 0.6 is 15.9 Å². The zero-order valence-electron chi connectivity index (χ0n) is 9.47. The molecular formula is C11H8BrFN2O4. The summed E-state index contributed by atoms with van der Waals surface area (Å²) in [4.78, 5) is 10.3. The molecule has 1 aromatic carbocycles. The molecule has 0 unspecified atom stereocenters. The Labute approximate surface area is 115 Å². The molecule has 1 aromatic heterocycles. The van der Waals surface area contributed by atoms with E-state index in [1.54, 1.807) is 6.07 Å². The number of rotatable bonds is 5. The van der Waals surface area contributed by atoms with Crippen molar-refractivity contribution in [3.8, 4) is 11.5 Å². The molecule has 0 atom stereocenters. The van der Waals surface area contributed by atoms with Crippen LogP contribution in [-0.4, -0.2) is 27.9 Å². The van der Waals surface area contributed by atoms with Gasteiger partial charge in [0.2, 0.25) is 11.8 Å². The van der Waals surface area contributed by atoms with Gasteiger partial charge in [0.25, 0.3) is 0 Å². The fourth-order valence-electron chi connectivity index (χ4n) is 1.33. The van der Waals surface area contributed by atoms with Gasteiger partial charge in [0.15, 0.2) is 0 Å². The van der Waals surface area contributed by atoms with E-state index in [9.17, 15) is 9.18 Å². The van der Waals surface area contributed by atoms with Gasteiger partial charge in [-0.3, -0.25) is 0 Å². The molecule has 0 amide bonds. The summed E-state index contributed by atoms with van der Waals surface area (Å²) in [5.74, 6) is -1.27. The molecule has 0 fully saturated rings. The molecule has 0 aliphatic carbocycles. The second-order valence-corrected chi connectivity index (χ2v) is 4.46. The number of nitrogens with zero attached hydrogens (tertiary/aromatic N) is 2. The first-order valence-electron chi connectivity index (χ1n) is 5.13. The number of carboxylic acids is 1. The van der Waals surface area contributed by atoms with Crippen molar-refractivity contribution in [1.29, 1.82) is 0 Å². The zero-order chi connectivity index (χ0) is 13.8. The molecule has 0 aliphatic heterocycles. The summed E-state index contributed by atoms with van der Waals surface area (Å²) in [6, 6.07) is 4.18. The lowest BCUT2D eigenvalue weighted by Gasteiger charge is -1.97. The Morgan fingerprint density at radius 3 is 2.89 bits per heavy atom. The van der Waals surface area contributed by atoms with Crippen molar-refractivity contribution in [2.45, 2.75) is 6.61 Å². The van der Waals surface area contributed by atoms with Crippen LogP contribution in [0.25, 0.3) is 11.5 Å². The summed E-state index contributed by atoms with van der Waals surface area (Å²) in [7, 11) is 0. The third-order valence-corrected chi connectivity index (χ3v) is 2.49. The van der Waals surface area contributed by atoms with Crippen LogP contribution in [0.5, 0.6) is 0 Å². The molecule has 0 saturated heterocycles. The molecule has 0 bridgehead atoms. The summed E-state index contributed by atoms with van der Waals surface area (Å²) >= 11 is 3.16. The maximum atomic E-state index is 13.2. The van der Waals surface area contributed by atoms with Gasteiger partial charge in [-0.05, 0) is 18.2 Å². The van der Waals surface area contributed by atoms with Crippen LogP contribution in [0, 0.1) is 5.82 Å². The molecule has 0 saturated carbocycles. The highest BCUT2D eigenvalue weighted by Crippen LogP contribution is 2.23. The Hall–Kier alpha value is -1.80. The van der Waals surface area contributed by atoms with Crippen molar-refractivity contribution < 1.29 is 23.4 Å². The molecule has 0 aliphatic rings. The number of hydrogen-bond donors (Lipinski definition) is 1. The molecule has 8 heteroatoms. The minimum absolute atomic E-state index is 0.115. The molecule has 0 spiro atoms. The Kier molecular flexibility index (Phi) is 4.23.